The van der Waals surface area contributed by atoms with E-state index in [-0.39, 0.29) is 0 Å². The van der Waals surface area contributed by atoms with E-state index in [4.69, 9.17) is 5.21 Å². The molecule has 16 heteroatoms. The van der Waals surface area contributed by atoms with Gasteiger partial charge in [-0.3, -0.25) is 0 Å². The monoisotopic (exact) mass is 796 g/mol. The molecule has 0 aliphatic rings. The average Bonchev–Trinajstić information content (AvgIpc) is 4.04. The van der Waals surface area contributed by atoms with Gasteiger partial charge in [0.1, 0.15) is 28.1 Å². The maximum atomic E-state index is 12.1. The Labute approximate surface area is 341 Å². The topological polar surface area (TPSA) is 185 Å². The Morgan fingerprint density at radius 1 is 0.433 bits per heavy atom. The highest BCUT2D eigenvalue weighted by Crippen LogP contribution is 2.15. The highest BCUT2D eigenvalue weighted by Gasteiger charge is 2.17. The first-order valence-corrected chi connectivity index (χ1v) is 18.7. The van der Waals surface area contributed by atoms with Crippen LogP contribution in [0.5, 0.6) is 0 Å². The van der Waals surface area contributed by atoms with Crippen LogP contribution in [-0.4, -0.2) is 50.0 Å². The zero-order chi connectivity index (χ0) is 41.6. The fourth-order valence-corrected chi connectivity index (χ4v) is 6.23. The van der Waals surface area contributed by atoms with Gasteiger partial charge < -0.3 is 20.8 Å². The highest BCUT2D eigenvalue weighted by atomic mass is 16.5. The van der Waals surface area contributed by atoms with E-state index in [1.54, 1.807) is 30.3 Å². The lowest BCUT2D eigenvalue weighted by atomic mass is 10.2. The van der Waals surface area contributed by atoms with Crippen LogP contribution in [0.15, 0.2) is 176 Å². The first-order chi connectivity index (χ1) is 29.3. The lowest BCUT2D eigenvalue weighted by Gasteiger charge is -2.05. The largest absolute Gasteiger partial charge is 0.692 e. The average molecular weight is 797 g/mol. The van der Waals surface area contributed by atoms with Crippen LogP contribution < -0.4 is 14.5 Å². The molecule has 296 valence electrons. The third-order valence-corrected chi connectivity index (χ3v) is 9.30. The molecule has 0 unspecified atom stereocenters. The summed E-state index contributed by atoms with van der Waals surface area (Å²) in [5.74, 6) is 0. The number of hydrogen-bond donors (Lipinski definition) is 1. The Morgan fingerprint density at radius 2 is 0.850 bits per heavy atom. The molecule has 16 nitrogen and oxygen atoms in total. The Morgan fingerprint density at radius 3 is 1.37 bits per heavy atom. The van der Waals surface area contributed by atoms with E-state index >= 15 is 0 Å². The van der Waals surface area contributed by atoms with Crippen LogP contribution >= 0.6 is 0 Å². The highest BCUT2D eigenvalue weighted by molar-refractivity contribution is 5.73. The predicted molar refractivity (Wildman–Crippen MR) is 224 cm³/mol. The molecule has 0 aliphatic heterocycles. The van der Waals surface area contributed by atoms with Gasteiger partial charge in [-0.25, -0.2) is 0 Å². The second kappa shape index (κ2) is 16.8. The normalized spacial score (nSPS) is 10.8. The van der Waals surface area contributed by atoms with Gasteiger partial charge in [-0.05, 0) is 118 Å². The van der Waals surface area contributed by atoms with E-state index in [9.17, 15) is 15.6 Å². The molecule has 11 rings (SSSR count). The van der Waals surface area contributed by atoms with Crippen molar-refractivity contribution in [2.24, 2.45) is 0 Å². The summed E-state index contributed by atoms with van der Waals surface area (Å²) in [6, 6.07) is 53.8. The first-order valence-electron chi connectivity index (χ1n) is 18.7. The minimum Gasteiger partial charge on any atom is -0.692 e. The molecule has 60 heavy (non-hydrogen) atoms. The maximum Gasteiger partial charge on any atom is 0.250 e. The van der Waals surface area contributed by atoms with E-state index in [2.05, 4.69) is 25.6 Å². The van der Waals surface area contributed by atoms with Crippen molar-refractivity contribution in [3.63, 3.8) is 0 Å². The summed E-state index contributed by atoms with van der Waals surface area (Å²) in [5.41, 5.74) is 9.65. The number of fused-ring (bicyclic) bond motifs is 4. The summed E-state index contributed by atoms with van der Waals surface area (Å²) >= 11 is 0. The summed E-state index contributed by atoms with van der Waals surface area (Å²) in [7, 11) is 0. The molecule has 0 spiro atoms. The van der Waals surface area contributed by atoms with E-state index in [1.165, 1.54) is 14.4 Å². The third-order valence-electron chi connectivity index (χ3n) is 9.30. The molecule has 0 aliphatic carbocycles. The molecule has 0 radical (unpaired) electrons. The van der Waals surface area contributed by atoms with E-state index in [0.29, 0.717) is 44.1 Å². The molecule has 0 atom stereocenters. The zero-order valence-corrected chi connectivity index (χ0v) is 32.3. The van der Waals surface area contributed by atoms with Crippen LogP contribution in [0.25, 0.3) is 61.2 Å². The Balaban J connectivity index is 0.000000113. The molecule has 7 aromatic carbocycles. The molecule has 0 fully saturated rings. The molecule has 0 saturated carbocycles. The van der Waals surface area contributed by atoms with Crippen molar-refractivity contribution in [1.82, 2.24) is 44.8 Å². The molecular formula is C44H36N12O4. The Kier molecular flexibility index (Phi) is 10.7. The molecule has 0 saturated heterocycles. The van der Waals surface area contributed by atoms with Gasteiger partial charge in [0.2, 0.25) is 33.1 Å². The van der Waals surface area contributed by atoms with Gasteiger partial charge in [0, 0.05) is 0 Å². The molecule has 4 heterocycles. The lowest BCUT2D eigenvalue weighted by molar-refractivity contribution is -0.664. The standard InChI is InChI=1S/2C13H11N3O.C12H9N3O.C6H5N3O/c1-10-6-2-4-8-12(10)15-14-11-7-3-5-9-13(11)16(15)17;1-10-6-8-11(9-7-10)15-14-12-4-2-3-5-13(12)16(15)17;16-15-12-9-5-4-8-11(12)13-14(15)10-6-2-1-3-7-10;10-9-6-4-2-1-3-5(6)7-8-9/h2*2-9H,1H3;1-9H;1-4,10H. The van der Waals surface area contributed by atoms with Gasteiger partial charge >= 0.3 is 0 Å². The van der Waals surface area contributed by atoms with E-state index in [0.717, 1.165) is 47.6 Å². The third kappa shape index (κ3) is 7.83. The number of hydrogen-bond acceptors (Lipinski definition) is 9. The number of nitrogens with zero attached hydrogens (tertiary/aromatic N) is 12. The first kappa shape index (κ1) is 38.2. The molecule has 0 bridgehead atoms. The minimum absolute atomic E-state index is 0.575. The molecule has 0 amide bonds. The zero-order valence-electron chi connectivity index (χ0n) is 32.3. The number of benzene rings is 7. The summed E-state index contributed by atoms with van der Waals surface area (Å²) in [4.78, 5) is 7.28. The molecule has 4 aromatic heterocycles. The Bertz CT molecular complexity index is 3190. The van der Waals surface area contributed by atoms with Crippen LogP contribution in [0.3, 0.4) is 0 Å². The van der Waals surface area contributed by atoms with Gasteiger partial charge in [0.25, 0.3) is 0 Å². The minimum atomic E-state index is 0.575. The smallest absolute Gasteiger partial charge is 0.250 e. The number of aryl methyl sites for hydroxylation is 2. The second-order valence-corrected chi connectivity index (χ2v) is 13.4. The van der Waals surface area contributed by atoms with Gasteiger partial charge in [-0.15, -0.1) is 19.6 Å². The van der Waals surface area contributed by atoms with Crippen molar-refractivity contribution in [2.75, 3.05) is 0 Å². The van der Waals surface area contributed by atoms with Gasteiger partial charge in [0.15, 0.2) is 0 Å². The van der Waals surface area contributed by atoms with E-state index < -0.39 is 0 Å². The number of para-hydroxylation sites is 6. The van der Waals surface area contributed by atoms with Gasteiger partial charge in [-0.1, -0.05) is 107 Å². The number of aromatic nitrogens is 12. The molecular weight excluding hydrogens is 761 g/mol. The van der Waals surface area contributed by atoms with Crippen molar-refractivity contribution in [3.8, 4) is 17.1 Å². The van der Waals surface area contributed by atoms with Crippen LogP contribution in [0.2, 0.25) is 0 Å². The fourth-order valence-electron chi connectivity index (χ4n) is 6.23. The fraction of sp³-hybridized carbons (Fsp3) is 0.0455. The summed E-state index contributed by atoms with van der Waals surface area (Å²) in [5, 5.41) is 65.0. The van der Waals surface area contributed by atoms with Crippen molar-refractivity contribution < 1.29 is 19.7 Å². The number of rotatable bonds is 3. The summed E-state index contributed by atoms with van der Waals surface area (Å²) in [6.07, 6.45) is 0. The maximum absolute atomic E-state index is 12.1. The van der Waals surface area contributed by atoms with Crippen molar-refractivity contribution >= 4 is 44.1 Å². The van der Waals surface area contributed by atoms with Crippen LogP contribution in [0.1, 0.15) is 11.1 Å². The molecule has 11 aromatic rings. The quantitative estimate of drug-likeness (QED) is 0.122. The SMILES string of the molecule is Cc1ccc(-n2nc3ccccc3[n+]2[O-])cc1.Cc1ccccc1-n1nc2ccccc2[n+]1[O-].On1nnc2ccccc21.[O-][n+]1c2ccccc2nn1-c1ccccc1. The lowest BCUT2D eigenvalue weighted by Crippen LogP contribution is -2.37. The van der Waals surface area contributed by atoms with Crippen LogP contribution in [-0.2, 0) is 0 Å². The second-order valence-electron chi connectivity index (χ2n) is 13.4. The van der Waals surface area contributed by atoms with Crippen molar-refractivity contribution in [2.45, 2.75) is 13.8 Å². The summed E-state index contributed by atoms with van der Waals surface area (Å²) in [6.45, 7) is 3.97. The van der Waals surface area contributed by atoms with Crippen LogP contribution in [0.4, 0.5) is 0 Å². The molecule has 1 N–H and O–H groups in total. The predicted octanol–water partition coefficient (Wildman–Crippen LogP) is 6.26. The van der Waals surface area contributed by atoms with Gasteiger partial charge in [0.05, 0.1) is 15.3 Å². The van der Waals surface area contributed by atoms with Crippen molar-refractivity contribution in [3.05, 3.63) is 203 Å². The Hall–Kier alpha value is -8.66. The van der Waals surface area contributed by atoms with Crippen LogP contribution in [0, 0.1) is 29.5 Å². The van der Waals surface area contributed by atoms with Gasteiger partial charge in [-0.2, -0.15) is 0 Å². The summed E-state index contributed by atoms with van der Waals surface area (Å²) < 4.78 is 0. The van der Waals surface area contributed by atoms with Crippen molar-refractivity contribution in [1.29, 1.82) is 0 Å². The van der Waals surface area contributed by atoms with E-state index in [1.807, 2.05) is 159 Å².